The first kappa shape index (κ1) is 13.3. The van der Waals surface area contributed by atoms with E-state index in [1.54, 1.807) is 0 Å². The standard InChI is InChI=1S/C14H29N3/c15-8-3-4-9-16-10-5-11-17(13-12-16)14-6-1-2-7-14/h14H,1-13,15H2. The highest BCUT2D eigenvalue weighted by atomic mass is 15.2. The monoisotopic (exact) mass is 239 g/mol. The van der Waals surface area contributed by atoms with Crippen molar-refractivity contribution in [2.75, 3.05) is 39.3 Å². The smallest absolute Gasteiger partial charge is 0.0112 e. The van der Waals surface area contributed by atoms with Crippen LogP contribution < -0.4 is 5.73 Å². The minimum absolute atomic E-state index is 0.849. The molecule has 17 heavy (non-hydrogen) atoms. The van der Waals surface area contributed by atoms with Crippen molar-refractivity contribution in [2.45, 2.75) is 51.0 Å². The van der Waals surface area contributed by atoms with Gasteiger partial charge in [-0.25, -0.2) is 0 Å². The van der Waals surface area contributed by atoms with E-state index in [0.29, 0.717) is 0 Å². The Kier molecular flexibility index (Phi) is 5.75. The SMILES string of the molecule is NCCCCN1CCCN(C2CCCC2)CC1. The summed E-state index contributed by atoms with van der Waals surface area (Å²) < 4.78 is 0. The van der Waals surface area contributed by atoms with Gasteiger partial charge in [0, 0.05) is 19.1 Å². The molecule has 100 valence electrons. The predicted octanol–water partition coefficient (Wildman–Crippen LogP) is 1.68. The highest BCUT2D eigenvalue weighted by Gasteiger charge is 2.24. The third-order valence-electron chi connectivity index (χ3n) is 4.39. The Labute approximate surface area is 106 Å². The second kappa shape index (κ2) is 7.34. The minimum Gasteiger partial charge on any atom is -0.330 e. The number of nitrogens with zero attached hydrogens (tertiary/aromatic N) is 2. The van der Waals surface area contributed by atoms with Crippen molar-refractivity contribution >= 4 is 0 Å². The van der Waals surface area contributed by atoms with Crippen LogP contribution in [0.15, 0.2) is 0 Å². The highest BCUT2D eigenvalue weighted by Crippen LogP contribution is 2.24. The molecule has 1 saturated heterocycles. The summed E-state index contributed by atoms with van der Waals surface area (Å²) in [6, 6.07) is 0.916. The van der Waals surface area contributed by atoms with Crippen LogP contribution in [0, 0.1) is 0 Å². The predicted molar refractivity (Wildman–Crippen MR) is 73.2 cm³/mol. The van der Waals surface area contributed by atoms with Gasteiger partial charge in [0.05, 0.1) is 0 Å². The van der Waals surface area contributed by atoms with Gasteiger partial charge in [-0.05, 0) is 58.3 Å². The van der Waals surface area contributed by atoms with Gasteiger partial charge in [0.1, 0.15) is 0 Å². The van der Waals surface area contributed by atoms with E-state index < -0.39 is 0 Å². The molecule has 2 fully saturated rings. The molecule has 1 saturated carbocycles. The van der Waals surface area contributed by atoms with Crippen molar-refractivity contribution in [2.24, 2.45) is 5.73 Å². The van der Waals surface area contributed by atoms with E-state index in [1.165, 1.54) is 77.7 Å². The molecule has 0 bridgehead atoms. The topological polar surface area (TPSA) is 32.5 Å². The maximum absolute atomic E-state index is 5.55. The third-order valence-corrected chi connectivity index (χ3v) is 4.39. The van der Waals surface area contributed by atoms with Crippen LogP contribution in [-0.2, 0) is 0 Å². The first-order chi connectivity index (χ1) is 8.40. The van der Waals surface area contributed by atoms with Crippen molar-refractivity contribution in [1.29, 1.82) is 0 Å². The third kappa shape index (κ3) is 4.23. The summed E-state index contributed by atoms with van der Waals surface area (Å²) >= 11 is 0. The van der Waals surface area contributed by atoms with E-state index in [9.17, 15) is 0 Å². The van der Waals surface area contributed by atoms with E-state index in [-0.39, 0.29) is 0 Å². The fourth-order valence-electron chi connectivity index (χ4n) is 3.33. The van der Waals surface area contributed by atoms with Gasteiger partial charge in [0.2, 0.25) is 0 Å². The number of hydrogen-bond donors (Lipinski definition) is 1. The van der Waals surface area contributed by atoms with Crippen LogP contribution >= 0.6 is 0 Å². The average Bonchev–Trinajstić information content (AvgIpc) is 2.77. The van der Waals surface area contributed by atoms with Crippen molar-refractivity contribution in [3.8, 4) is 0 Å². The van der Waals surface area contributed by atoms with E-state index in [4.69, 9.17) is 5.73 Å². The first-order valence-electron chi connectivity index (χ1n) is 7.56. The molecular weight excluding hydrogens is 210 g/mol. The summed E-state index contributed by atoms with van der Waals surface area (Å²) in [6.45, 7) is 7.32. The van der Waals surface area contributed by atoms with Gasteiger partial charge in [-0.3, -0.25) is 4.90 Å². The number of nitrogens with two attached hydrogens (primary N) is 1. The van der Waals surface area contributed by atoms with Crippen LogP contribution in [-0.4, -0.2) is 55.1 Å². The van der Waals surface area contributed by atoms with Gasteiger partial charge >= 0.3 is 0 Å². The summed E-state index contributed by atoms with van der Waals surface area (Å²) in [5, 5.41) is 0. The van der Waals surface area contributed by atoms with Crippen molar-refractivity contribution < 1.29 is 0 Å². The van der Waals surface area contributed by atoms with Gasteiger partial charge < -0.3 is 10.6 Å². The molecule has 0 spiro atoms. The van der Waals surface area contributed by atoms with E-state index in [2.05, 4.69) is 9.80 Å². The lowest BCUT2D eigenvalue weighted by molar-refractivity contribution is 0.199. The van der Waals surface area contributed by atoms with Gasteiger partial charge in [-0.15, -0.1) is 0 Å². The Morgan fingerprint density at radius 2 is 1.71 bits per heavy atom. The summed E-state index contributed by atoms with van der Waals surface area (Å²) in [4.78, 5) is 5.40. The maximum Gasteiger partial charge on any atom is 0.0112 e. The van der Waals surface area contributed by atoms with Gasteiger partial charge in [-0.1, -0.05) is 12.8 Å². The van der Waals surface area contributed by atoms with Crippen LogP contribution in [0.5, 0.6) is 0 Å². The molecule has 2 rings (SSSR count). The van der Waals surface area contributed by atoms with E-state index in [1.807, 2.05) is 0 Å². The zero-order valence-corrected chi connectivity index (χ0v) is 11.2. The summed E-state index contributed by atoms with van der Waals surface area (Å²) in [5.74, 6) is 0. The molecule has 3 heteroatoms. The zero-order valence-electron chi connectivity index (χ0n) is 11.2. The fraction of sp³-hybridized carbons (Fsp3) is 1.00. The van der Waals surface area contributed by atoms with Crippen LogP contribution in [0.25, 0.3) is 0 Å². The molecule has 0 aromatic heterocycles. The van der Waals surface area contributed by atoms with Crippen LogP contribution in [0.1, 0.15) is 44.9 Å². The molecule has 0 amide bonds. The van der Waals surface area contributed by atoms with Crippen LogP contribution in [0.2, 0.25) is 0 Å². The van der Waals surface area contributed by atoms with Crippen molar-refractivity contribution in [1.82, 2.24) is 9.80 Å². The summed E-state index contributed by atoms with van der Waals surface area (Å²) in [5.41, 5.74) is 5.55. The molecule has 2 aliphatic rings. The average molecular weight is 239 g/mol. The molecule has 0 radical (unpaired) electrons. The molecule has 1 aliphatic heterocycles. The summed E-state index contributed by atoms with van der Waals surface area (Å²) in [7, 11) is 0. The molecule has 0 atom stereocenters. The molecule has 1 aliphatic carbocycles. The van der Waals surface area contributed by atoms with Crippen molar-refractivity contribution in [3.63, 3.8) is 0 Å². The van der Waals surface area contributed by atoms with Crippen LogP contribution in [0.4, 0.5) is 0 Å². The molecule has 2 N–H and O–H groups in total. The molecular formula is C14H29N3. The van der Waals surface area contributed by atoms with Gasteiger partial charge in [0.15, 0.2) is 0 Å². The lowest BCUT2D eigenvalue weighted by Gasteiger charge is -2.27. The second-order valence-electron chi connectivity index (χ2n) is 5.67. The molecule has 0 unspecified atom stereocenters. The Balaban J connectivity index is 1.69. The molecule has 0 aromatic carbocycles. The second-order valence-corrected chi connectivity index (χ2v) is 5.67. The number of unbranched alkanes of at least 4 members (excludes halogenated alkanes) is 1. The lowest BCUT2D eigenvalue weighted by atomic mass is 10.2. The molecule has 3 nitrogen and oxygen atoms in total. The highest BCUT2D eigenvalue weighted by molar-refractivity contribution is 4.80. The number of rotatable bonds is 5. The first-order valence-corrected chi connectivity index (χ1v) is 7.56. The quantitative estimate of drug-likeness (QED) is 0.741. The number of hydrogen-bond acceptors (Lipinski definition) is 3. The van der Waals surface area contributed by atoms with Crippen molar-refractivity contribution in [3.05, 3.63) is 0 Å². The Morgan fingerprint density at radius 3 is 2.47 bits per heavy atom. The fourth-order valence-corrected chi connectivity index (χ4v) is 3.33. The Morgan fingerprint density at radius 1 is 0.882 bits per heavy atom. The van der Waals surface area contributed by atoms with Gasteiger partial charge in [-0.2, -0.15) is 0 Å². The largest absolute Gasteiger partial charge is 0.330 e. The summed E-state index contributed by atoms with van der Waals surface area (Å²) in [6.07, 6.45) is 9.64. The Hall–Kier alpha value is -0.120. The Bertz CT molecular complexity index is 202. The zero-order chi connectivity index (χ0) is 11.9. The minimum atomic E-state index is 0.849. The maximum atomic E-state index is 5.55. The molecule has 1 heterocycles. The molecule has 0 aromatic rings. The van der Waals surface area contributed by atoms with Crippen LogP contribution in [0.3, 0.4) is 0 Å². The lowest BCUT2D eigenvalue weighted by Crippen LogP contribution is -2.37. The van der Waals surface area contributed by atoms with E-state index >= 15 is 0 Å². The van der Waals surface area contributed by atoms with Gasteiger partial charge in [0.25, 0.3) is 0 Å². The van der Waals surface area contributed by atoms with E-state index in [0.717, 1.165) is 12.6 Å². The normalized spacial score (nSPS) is 25.2.